The van der Waals surface area contributed by atoms with Crippen LogP contribution in [-0.2, 0) is 11.2 Å². The van der Waals surface area contributed by atoms with Gasteiger partial charge in [0.1, 0.15) is 0 Å². The standard InChI is InChI=1S/C15H22N2O/c1-11-5-4-6-14(7-11)8-15(18)17-12(2)9-16-10-13(17)3/h4-7,12-13,16H,8-10H2,1-3H3. The lowest BCUT2D eigenvalue weighted by Gasteiger charge is -2.39. The van der Waals surface area contributed by atoms with Crippen LogP contribution >= 0.6 is 0 Å². The van der Waals surface area contributed by atoms with Crippen molar-refractivity contribution < 1.29 is 4.79 Å². The number of nitrogens with one attached hydrogen (secondary N) is 1. The van der Waals surface area contributed by atoms with Gasteiger partial charge in [-0.1, -0.05) is 29.8 Å². The smallest absolute Gasteiger partial charge is 0.227 e. The molecule has 2 unspecified atom stereocenters. The van der Waals surface area contributed by atoms with Gasteiger partial charge in [0.05, 0.1) is 6.42 Å². The third-order valence-electron chi connectivity index (χ3n) is 3.56. The lowest BCUT2D eigenvalue weighted by molar-refractivity contribution is -0.135. The fraction of sp³-hybridized carbons (Fsp3) is 0.533. The third kappa shape index (κ3) is 2.91. The van der Waals surface area contributed by atoms with Crippen LogP contribution in [0.2, 0.25) is 0 Å². The Kier molecular flexibility index (Phi) is 4.02. The van der Waals surface area contributed by atoms with Gasteiger partial charge in [0.2, 0.25) is 5.91 Å². The van der Waals surface area contributed by atoms with Crippen molar-refractivity contribution in [1.82, 2.24) is 10.2 Å². The molecule has 3 nitrogen and oxygen atoms in total. The molecule has 0 saturated carbocycles. The zero-order valence-electron chi connectivity index (χ0n) is 11.4. The molecular formula is C15H22N2O. The minimum Gasteiger partial charge on any atom is -0.334 e. The Morgan fingerprint density at radius 2 is 2.00 bits per heavy atom. The molecule has 2 atom stereocenters. The molecule has 98 valence electrons. The molecule has 1 fully saturated rings. The number of rotatable bonds is 2. The second kappa shape index (κ2) is 5.53. The number of hydrogen-bond acceptors (Lipinski definition) is 2. The molecule has 1 aliphatic heterocycles. The largest absolute Gasteiger partial charge is 0.334 e. The minimum absolute atomic E-state index is 0.238. The molecular weight excluding hydrogens is 224 g/mol. The summed E-state index contributed by atoms with van der Waals surface area (Å²) in [5.74, 6) is 0.238. The highest BCUT2D eigenvalue weighted by Crippen LogP contribution is 2.13. The Hall–Kier alpha value is -1.35. The van der Waals surface area contributed by atoms with E-state index in [1.54, 1.807) is 0 Å². The van der Waals surface area contributed by atoms with E-state index in [4.69, 9.17) is 0 Å². The highest BCUT2D eigenvalue weighted by atomic mass is 16.2. The molecule has 0 spiro atoms. The highest BCUT2D eigenvalue weighted by Gasteiger charge is 2.28. The number of amides is 1. The number of nitrogens with zero attached hydrogens (tertiary/aromatic N) is 1. The summed E-state index contributed by atoms with van der Waals surface area (Å²) in [6, 6.07) is 8.77. The first-order chi connectivity index (χ1) is 8.58. The van der Waals surface area contributed by atoms with Crippen LogP contribution in [0.5, 0.6) is 0 Å². The molecule has 1 N–H and O–H groups in total. The van der Waals surface area contributed by atoms with E-state index in [2.05, 4.69) is 38.2 Å². The van der Waals surface area contributed by atoms with E-state index in [1.807, 2.05) is 17.0 Å². The summed E-state index contributed by atoms with van der Waals surface area (Å²) in [5, 5.41) is 3.35. The van der Waals surface area contributed by atoms with E-state index in [0.717, 1.165) is 18.7 Å². The van der Waals surface area contributed by atoms with Crippen LogP contribution in [0.15, 0.2) is 24.3 Å². The molecule has 1 saturated heterocycles. The Balaban J connectivity index is 2.07. The molecule has 0 bridgehead atoms. The van der Waals surface area contributed by atoms with Crippen LogP contribution in [-0.4, -0.2) is 36.0 Å². The van der Waals surface area contributed by atoms with Gasteiger partial charge in [0.15, 0.2) is 0 Å². The summed E-state index contributed by atoms with van der Waals surface area (Å²) in [7, 11) is 0. The van der Waals surface area contributed by atoms with E-state index >= 15 is 0 Å². The molecule has 1 aliphatic rings. The number of carbonyl (C=O) groups excluding carboxylic acids is 1. The fourth-order valence-corrected chi connectivity index (χ4v) is 2.71. The summed E-state index contributed by atoms with van der Waals surface area (Å²) >= 11 is 0. The van der Waals surface area contributed by atoms with Crippen LogP contribution in [0.4, 0.5) is 0 Å². The van der Waals surface area contributed by atoms with Crippen LogP contribution < -0.4 is 5.32 Å². The van der Waals surface area contributed by atoms with Crippen molar-refractivity contribution in [3.63, 3.8) is 0 Å². The van der Waals surface area contributed by atoms with Gasteiger partial charge in [-0.2, -0.15) is 0 Å². The van der Waals surface area contributed by atoms with Gasteiger partial charge in [0.25, 0.3) is 0 Å². The average molecular weight is 246 g/mol. The molecule has 1 aromatic carbocycles. The lowest BCUT2D eigenvalue weighted by atomic mass is 10.0. The van der Waals surface area contributed by atoms with Crippen LogP contribution in [0, 0.1) is 6.92 Å². The highest BCUT2D eigenvalue weighted by molar-refractivity contribution is 5.79. The molecule has 3 heteroatoms. The maximum Gasteiger partial charge on any atom is 0.227 e. The normalized spacial score (nSPS) is 24.1. The predicted molar refractivity (Wildman–Crippen MR) is 73.5 cm³/mol. The van der Waals surface area contributed by atoms with Crippen molar-refractivity contribution >= 4 is 5.91 Å². The molecule has 1 aromatic rings. The Labute approximate surface area is 109 Å². The number of piperazine rings is 1. The van der Waals surface area contributed by atoms with Crippen molar-refractivity contribution in [3.8, 4) is 0 Å². The van der Waals surface area contributed by atoms with Crippen molar-refractivity contribution in [1.29, 1.82) is 0 Å². The summed E-state index contributed by atoms with van der Waals surface area (Å²) in [4.78, 5) is 14.4. The van der Waals surface area contributed by atoms with Crippen molar-refractivity contribution in [2.45, 2.75) is 39.3 Å². The van der Waals surface area contributed by atoms with E-state index in [1.165, 1.54) is 5.56 Å². The third-order valence-corrected chi connectivity index (χ3v) is 3.56. The minimum atomic E-state index is 0.238. The maximum absolute atomic E-state index is 12.4. The molecule has 0 aliphatic carbocycles. The van der Waals surface area contributed by atoms with Crippen LogP contribution in [0.1, 0.15) is 25.0 Å². The molecule has 1 amide bonds. The zero-order valence-corrected chi connectivity index (χ0v) is 11.4. The molecule has 1 heterocycles. The quantitative estimate of drug-likeness (QED) is 0.862. The van der Waals surface area contributed by atoms with E-state index in [0.29, 0.717) is 6.42 Å². The summed E-state index contributed by atoms with van der Waals surface area (Å²) < 4.78 is 0. The second-order valence-corrected chi connectivity index (χ2v) is 5.32. The Bertz CT molecular complexity index is 420. The average Bonchev–Trinajstić information content (AvgIpc) is 2.28. The second-order valence-electron chi connectivity index (χ2n) is 5.32. The first kappa shape index (κ1) is 13.1. The fourth-order valence-electron chi connectivity index (χ4n) is 2.71. The molecule has 0 aromatic heterocycles. The predicted octanol–water partition coefficient (Wildman–Crippen LogP) is 1.75. The monoisotopic (exact) mass is 246 g/mol. The number of aryl methyl sites for hydroxylation is 1. The van der Waals surface area contributed by atoms with E-state index in [9.17, 15) is 4.79 Å². The van der Waals surface area contributed by atoms with Crippen LogP contribution in [0.3, 0.4) is 0 Å². The zero-order chi connectivity index (χ0) is 13.1. The van der Waals surface area contributed by atoms with Gasteiger partial charge in [-0.25, -0.2) is 0 Å². The van der Waals surface area contributed by atoms with Gasteiger partial charge in [0, 0.05) is 25.2 Å². The van der Waals surface area contributed by atoms with Crippen molar-refractivity contribution in [2.24, 2.45) is 0 Å². The van der Waals surface area contributed by atoms with E-state index in [-0.39, 0.29) is 18.0 Å². The first-order valence-corrected chi connectivity index (χ1v) is 6.65. The van der Waals surface area contributed by atoms with Gasteiger partial charge < -0.3 is 10.2 Å². The van der Waals surface area contributed by atoms with Crippen molar-refractivity contribution in [2.75, 3.05) is 13.1 Å². The number of benzene rings is 1. The summed E-state index contributed by atoms with van der Waals surface area (Å²) in [5.41, 5.74) is 2.32. The summed E-state index contributed by atoms with van der Waals surface area (Å²) in [6.45, 7) is 8.06. The first-order valence-electron chi connectivity index (χ1n) is 6.65. The SMILES string of the molecule is Cc1cccc(CC(=O)N2C(C)CNCC2C)c1. The molecule has 2 rings (SSSR count). The van der Waals surface area contributed by atoms with Gasteiger partial charge in [-0.15, -0.1) is 0 Å². The summed E-state index contributed by atoms with van der Waals surface area (Å²) in [6.07, 6.45) is 0.510. The number of hydrogen-bond donors (Lipinski definition) is 1. The Morgan fingerprint density at radius 1 is 1.33 bits per heavy atom. The van der Waals surface area contributed by atoms with Gasteiger partial charge in [-0.3, -0.25) is 4.79 Å². The maximum atomic E-state index is 12.4. The lowest BCUT2D eigenvalue weighted by Crippen LogP contribution is -2.57. The van der Waals surface area contributed by atoms with E-state index < -0.39 is 0 Å². The Morgan fingerprint density at radius 3 is 2.61 bits per heavy atom. The molecule has 0 radical (unpaired) electrons. The molecule has 18 heavy (non-hydrogen) atoms. The van der Waals surface area contributed by atoms with Crippen molar-refractivity contribution in [3.05, 3.63) is 35.4 Å². The van der Waals surface area contributed by atoms with Crippen LogP contribution in [0.25, 0.3) is 0 Å². The topological polar surface area (TPSA) is 32.3 Å². The van der Waals surface area contributed by atoms with Gasteiger partial charge in [-0.05, 0) is 26.3 Å². The van der Waals surface area contributed by atoms with Gasteiger partial charge >= 0.3 is 0 Å². The number of carbonyl (C=O) groups is 1.